The fourth-order valence-electron chi connectivity index (χ4n) is 5.83. The summed E-state index contributed by atoms with van der Waals surface area (Å²) in [6.45, 7) is 2.36. The van der Waals surface area contributed by atoms with Crippen molar-refractivity contribution < 1.29 is 4.39 Å². The third kappa shape index (κ3) is 3.11. The number of aromatic nitrogens is 3. The van der Waals surface area contributed by atoms with Crippen LogP contribution in [0.5, 0.6) is 0 Å². The Morgan fingerprint density at radius 2 is 1.90 bits per heavy atom. The van der Waals surface area contributed by atoms with E-state index in [4.69, 9.17) is 4.98 Å². The second kappa shape index (κ2) is 7.12. The van der Waals surface area contributed by atoms with E-state index in [1.54, 1.807) is 0 Å². The van der Waals surface area contributed by atoms with Crippen LogP contribution in [0.2, 0.25) is 0 Å². The van der Waals surface area contributed by atoms with E-state index in [1.807, 2.05) is 26.4 Å². The quantitative estimate of drug-likeness (QED) is 0.642. The summed E-state index contributed by atoms with van der Waals surface area (Å²) in [5.74, 6) is 3.09. The van der Waals surface area contributed by atoms with Crippen molar-refractivity contribution in [3.05, 3.63) is 42.1 Å². The maximum Gasteiger partial charge on any atom is 0.163 e. The van der Waals surface area contributed by atoms with Crippen LogP contribution in [0.1, 0.15) is 38.3 Å². The minimum atomic E-state index is -0.267. The van der Waals surface area contributed by atoms with Crippen LogP contribution in [0, 0.1) is 29.5 Å². The van der Waals surface area contributed by atoms with Gasteiger partial charge in [0.15, 0.2) is 11.6 Å². The fourth-order valence-corrected chi connectivity index (χ4v) is 5.83. The molecular weight excluding hydrogens is 363 g/mol. The summed E-state index contributed by atoms with van der Waals surface area (Å²) in [5, 5.41) is 1.07. The number of H-pyrrole nitrogens is 1. The zero-order chi connectivity index (χ0) is 20.1. The number of rotatable bonds is 4. The number of hydrogen-bond donors (Lipinski definition) is 1. The molecule has 2 bridgehead atoms. The number of nitrogens with one attached hydrogen (secondary N) is 1. The fraction of sp³-hybridized carbons (Fsp3) is 0.500. The number of anilines is 1. The van der Waals surface area contributed by atoms with Gasteiger partial charge < -0.3 is 9.88 Å². The molecule has 3 saturated carbocycles. The van der Waals surface area contributed by atoms with Crippen molar-refractivity contribution in [1.82, 2.24) is 15.0 Å². The molecule has 0 saturated heterocycles. The lowest BCUT2D eigenvalue weighted by Crippen LogP contribution is -2.39. The molecule has 3 fully saturated rings. The predicted molar refractivity (Wildman–Crippen MR) is 115 cm³/mol. The van der Waals surface area contributed by atoms with Crippen molar-refractivity contribution in [2.24, 2.45) is 23.7 Å². The first kappa shape index (κ1) is 18.6. The molecule has 2 atom stereocenters. The molecule has 3 aliphatic carbocycles. The molecule has 0 amide bonds. The molecule has 0 radical (unpaired) electrons. The maximum absolute atomic E-state index is 14.7. The summed E-state index contributed by atoms with van der Waals surface area (Å²) < 4.78 is 14.7. The second-order valence-electron chi connectivity index (χ2n) is 9.19. The van der Waals surface area contributed by atoms with Crippen molar-refractivity contribution >= 4 is 16.6 Å². The summed E-state index contributed by atoms with van der Waals surface area (Å²) in [6, 6.07) is 6.20. The first-order chi connectivity index (χ1) is 14.0. The average molecular weight is 393 g/mol. The summed E-state index contributed by atoms with van der Waals surface area (Å²) in [7, 11) is 4.06. The Kier molecular flexibility index (Phi) is 4.56. The molecule has 1 aromatic carbocycles. The van der Waals surface area contributed by atoms with Crippen LogP contribution in [-0.4, -0.2) is 29.0 Å². The van der Waals surface area contributed by atoms with Crippen molar-refractivity contribution in [1.29, 1.82) is 0 Å². The summed E-state index contributed by atoms with van der Waals surface area (Å²) in [4.78, 5) is 14.5. The largest absolute Gasteiger partial charge is 0.376 e. The molecule has 152 valence electrons. The summed E-state index contributed by atoms with van der Waals surface area (Å²) in [5.41, 5.74) is 3.68. The van der Waals surface area contributed by atoms with Crippen LogP contribution < -0.4 is 4.90 Å². The van der Waals surface area contributed by atoms with E-state index in [2.05, 4.69) is 33.9 Å². The van der Waals surface area contributed by atoms with Gasteiger partial charge in [-0.3, -0.25) is 0 Å². The van der Waals surface area contributed by atoms with E-state index in [1.165, 1.54) is 31.9 Å². The number of nitrogens with zero attached hydrogens (tertiary/aromatic N) is 3. The van der Waals surface area contributed by atoms with Gasteiger partial charge in [-0.2, -0.15) is 0 Å². The predicted octanol–water partition coefficient (Wildman–Crippen LogP) is 5.44. The van der Waals surface area contributed by atoms with E-state index in [-0.39, 0.29) is 5.82 Å². The van der Waals surface area contributed by atoms with Crippen LogP contribution in [-0.2, 0) is 6.42 Å². The third-order valence-electron chi connectivity index (χ3n) is 7.50. The van der Waals surface area contributed by atoms with Gasteiger partial charge in [-0.1, -0.05) is 19.1 Å². The maximum atomic E-state index is 14.7. The van der Waals surface area contributed by atoms with E-state index in [9.17, 15) is 4.39 Å². The number of halogens is 1. The summed E-state index contributed by atoms with van der Waals surface area (Å²) >= 11 is 0. The van der Waals surface area contributed by atoms with Crippen molar-refractivity contribution in [2.75, 3.05) is 19.0 Å². The molecule has 1 N–H and O–H groups in total. The van der Waals surface area contributed by atoms with Crippen LogP contribution in [0.15, 0.2) is 30.6 Å². The van der Waals surface area contributed by atoms with Gasteiger partial charge >= 0.3 is 0 Å². The van der Waals surface area contributed by atoms with Crippen molar-refractivity contribution in [2.45, 2.75) is 39.0 Å². The molecule has 2 aromatic heterocycles. The molecule has 6 rings (SSSR count). The lowest BCUT2D eigenvalue weighted by molar-refractivity contribution is 0.0334. The third-order valence-corrected chi connectivity index (χ3v) is 7.50. The standard InChI is InChI=1S/C24H29FN4/c1-14-15-7-9-16(10-8-15)18(14)11-21-20(25)13-27-24(28-21)19-12-26-23-17(19)5-4-6-22(23)29(2)3/h4-6,12-16,18,26H,7-11H2,1-3H3. The van der Waals surface area contributed by atoms with Gasteiger partial charge in [0.2, 0.25) is 0 Å². The highest BCUT2D eigenvalue weighted by Gasteiger charge is 2.41. The molecule has 3 aromatic rings. The zero-order valence-electron chi connectivity index (χ0n) is 17.5. The first-order valence-corrected chi connectivity index (χ1v) is 10.8. The van der Waals surface area contributed by atoms with Gasteiger partial charge in [0.05, 0.1) is 23.1 Å². The Morgan fingerprint density at radius 3 is 2.62 bits per heavy atom. The Labute approximate surface area is 171 Å². The monoisotopic (exact) mass is 392 g/mol. The van der Waals surface area contributed by atoms with Crippen LogP contribution in [0.3, 0.4) is 0 Å². The van der Waals surface area contributed by atoms with Gasteiger partial charge in [-0.15, -0.1) is 0 Å². The Bertz CT molecular complexity index is 1030. The molecule has 2 unspecified atom stereocenters. The number of para-hydroxylation sites is 1. The highest BCUT2D eigenvalue weighted by atomic mass is 19.1. The van der Waals surface area contributed by atoms with Gasteiger partial charge in [0.25, 0.3) is 0 Å². The zero-order valence-corrected chi connectivity index (χ0v) is 17.5. The lowest BCUT2D eigenvalue weighted by Gasteiger charge is -2.47. The smallest absolute Gasteiger partial charge is 0.163 e. The molecule has 29 heavy (non-hydrogen) atoms. The van der Waals surface area contributed by atoms with Crippen molar-refractivity contribution in [3.8, 4) is 11.4 Å². The van der Waals surface area contributed by atoms with Crippen LogP contribution in [0.25, 0.3) is 22.3 Å². The molecular formula is C24H29FN4. The van der Waals surface area contributed by atoms with Gasteiger partial charge in [-0.25, -0.2) is 14.4 Å². The number of fused-ring (bicyclic) bond motifs is 4. The van der Waals surface area contributed by atoms with Gasteiger partial charge in [-0.05, 0) is 61.8 Å². The molecule has 0 spiro atoms. The normalized spacial score (nSPS) is 26.2. The van der Waals surface area contributed by atoms with Gasteiger partial charge in [0, 0.05) is 31.2 Å². The number of benzene rings is 1. The Morgan fingerprint density at radius 1 is 1.14 bits per heavy atom. The highest BCUT2D eigenvalue weighted by Crippen LogP contribution is 2.49. The molecule has 2 heterocycles. The Balaban J connectivity index is 1.50. The number of aromatic amines is 1. The van der Waals surface area contributed by atoms with Crippen molar-refractivity contribution in [3.63, 3.8) is 0 Å². The number of hydrogen-bond acceptors (Lipinski definition) is 3. The van der Waals surface area contributed by atoms with E-state index < -0.39 is 0 Å². The van der Waals surface area contributed by atoms with Crippen LogP contribution in [0.4, 0.5) is 10.1 Å². The molecule has 0 aliphatic heterocycles. The van der Waals surface area contributed by atoms with E-state index >= 15 is 0 Å². The topological polar surface area (TPSA) is 44.8 Å². The van der Waals surface area contributed by atoms with Crippen LogP contribution >= 0.6 is 0 Å². The first-order valence-electron chi connectivity index (χ1n) is 10.8. The molecule has 5 heteroatoms. The SMILES string of the molecule is CC1C2CCC(CC2)C1Cc1nc(-c2c[nH]c3c(N(C)C)cccc23)ncc1F. The average Bonchev–Trinajstić information content (AvgIpc) is 3.16. The Hall–Kier alpha value is -2.43. The lowest BCUT2D eigenvalue weighted by atomic mass is 9.58. The molecule has 4 nitrogen and oxygen atoms in total. The highest BCUT2D eigenvalue weighted by molar-refractivity contribution is 6.00. The van der Waals surface area contributed by atoms with Gasteiger partial charge in [0.1, 0.15) is 0 Å². The minimum Gasteiger partial charge on any atom is -0.376 e. The minimum absolute atomic E-state index is 0.267. The second-order valence-corrected chi connectivity index (χ2v) is 9.19. The molecule has 3 aliphatic rings. The van der Waals surface area contributed by atoms with E-state index in [0.29, 0.717) is 23.4 Å². The summed E-state index contributed by atoms with van der Waals surface area (Å²) in [6.07, 6.45) is 9.34. The van der Waals surface area contributed by atoms with E-state index in [0.717, 1.165) is 40.4 Å².